The normalized spacial score (nSPS) is 16.7. The minimum Gasteiger partial charge on any atom is -0.489 e. The number of carbonyl (C=O) groups is 1. The number of hydrogen-bond donors (Lipinski definition) is 3. The molecule has 0 saturated heterocycles. The summed E-state index contributed by atoms with van der Waals surface area (Å²) in [6, 6.07) is 3.45. The molecule has 0 unspecified atom stereocenters. The maximum Gasteiger partial charge on any atom is 0.355 e. The average Bonchev–Trinajstić information content (AvgIpc) is 2.49. The van der Waals surface area contributed by atoms with Crippen LogP contribution in [0.1, 0.15) is 43.5 Å². The summed E-state index contributed by atoms with van der Waals surface area (Å²) in [6.07, 6.45) is 6.00. The molecule has 23 heavy (non-hydrogen) atoms. The first-order valence-corrected chi connectivity index (χ1v) is 7.76. The molecule has 0 aliphatic heterocycles. The number of aliphatic carboxylic acids is 1. The van der Waals surface area contributed by atoms with Crippen LogP contribution >= 0.6 is 0 Å². The van der Waals surface area contributed by atoms with E-state index in [1.165, 1.54) is 26.3 Å². The van der Waals surface area contributed by atoms with Crippen LogP contribution < -0.4 is 16.3 Å². The van der Waals surface area contributed by atoms with Gasteiger partial charge in [0, 0.05) is 7.05 Å². The van der Waals surface area contributed by atoms with E-state index in [1.54, 1.807) is 12.1 Å². The number of carboxylic acids is 1. The smallest absolute Gasteiger partial charge is 0.355 e. The van der Waals surface area contributed by atoms with Crippen LogP contribution in [0.3, 0.4) is 0 Å². The van der Waals surface area contributed by atoms with Crippen LogP contribution in [0.15, 0.2) is 17.8 Å². The maximum absolute atomic E-state index is 11.3. The second-order valence-electron chi connectivity index (χ2n) is 5.84. The SMILES string of the molecule is Cc1nc(/C(N)=C(\C(=O)O)N(C)N)ccc1OC1CCCCC1. The number of carboxylic acid groups (broad SMARTS) is 1. The standard InChI is InChI=1S/C16H24N4O3/c1-10-13(23-11-6-4-3-5-7-11)9-8-12(19-10)14(17)15(16(21)22)20(2)18/h8-9,11H,3-7,17-18H2,1-2H3,(H,21,22)/b15-14-. The maximum atomic E-state index is 11.3. The zero-order valence-electron chi connectivity index (χ0n) is 13.6. The molecule has 1 heterocycles. The summed E-state index contributed by atoms with van der Waals surface area (Å²) in [5.74, 6) is 5.04. The van der Waals surface area contributed by atoms with E-state index in [4.69, 9.17) is 16.3 Å². The van der Waals surface area contributed by atoms with Crippen molar-refractivity contribution in [1.82, 2.24) is 9.99 Å². The third kappa shape index (κ3) is 4.13. The van der Waals surface area contributed by atoms with E-state index in [0.717, 1.165) is 17.9 Å². The highest BCUT2D eigenvalue weighted by Crippen LogP contribution is 2.26. The molecule has 5 N–H and O–H groups in total. The van der Waals surface area contributed by atoms with Crippen LogP contribution in [0.2, 0.25) is 0 Å². The van der Waals surface area contributed by atoms with Crippen molar-refractivity contribution in [2.75, 3.05) is 7.05 Å². The van der Waals surface area contributed by atoms with Gasteiger partial charge in [-0.2, -0.15) is 0 Å². The molecule has 7 nitrogen and oxygen atoms in total. The number of hydrogen-bond acceptors (Lipinski definition) is 6. The highest BCUT2D eigenvalue weighted by atomic mass is 16.5. The fraction of sp³-hybridized carbons (Fsp3) is 0.500. The Bertz CT molecular complexity index is 607. The molecule has 126 valence electrons. The van der Waals surface area contributed by atoms with Crippen molar-refractivity contribution >= 4 is 11.7 Å². The van der Waals surface area contributed by atoms with E-state index in [1.807, 2.05) is 6.92 Å². The highest BCUT2D eigenvalue weighted by Gasteiger charge is 2.19. The summed E-state index contributed by atoms with van der Waals surface area (Å²) >= 11 is 0. The van der Waals surface area contributed by atoms with Gasteiger partial charge in [0.1, 0.15) is 5.75 Å². The molecule has 0 amide bonds. The summed E-state index contributed by atoms with van der Waals surface area (Å²) in [5, 5.41) is 10.2. The third-order valence-electron chi connectivity index (χ3n) is 3.97. The van der Waals surface area contributed by atoms with Gasteiger partial charge in [0.25, 0.3) is 0 Å². The molecule has 2 rings (SSSR count). The van der Waals surface area contributed by atoms with Crippen molar-refractivity contribution in [1.29, 1.82) is 0 Å². The zero-order chi connectivity index (χ0) is 17.0. The first kappa shape index (κ1) is 17.1. The fourth-order valence-electron chi connectivity index (χ4n) is 2.76. The zero-order valence-corrected chi connectivity index (χ0v) is 13.6. The van der Waals surface area contributed by atoms with Crippen LogP contribution in [-0.4, -0.2) is 34.2 Å². The van der Waals surface area contributed by atoms with Crippen LogP contribution in [-0.2, 0) is 4.79 Å². The molecule has 1 aliphatic rings. The molecular weight excluding hydrogens is 296 g/mol. The van der Waals surface area contributed by atoms with Gasteiger partial charge >= 0.3 is 5.97 Å². The lowest BCUT2D eigenvalue weighted by atomic mass is 9.98. The predicted octanol–water partition coefficient (Wildman–Crippen LogP) is 1.62. The summed E-state index contributed by atoms with van der Waals surface area (Å²) < 4.78 is 6.01. The quantitative estimate of drug-likeness (QED) is 0.429. The van der Waals surface area contributed by atoms with Gasteiger partial charge in [-0.1, -0.05) is 6.42 Å². The molecule has 0 radical (unpaired) electrons. The van der Waals surface area contributed by atoms with Crippen molar-refractivity contribution in [3.8, 4) is 5.75 Å². The lowest BCUT2D eigenvalue weighted by Crippen LogP contribution is -2.32. The van der Waals surface area contributed by atoms with Gasteiger partial charge in [-0.15, -0.1) is 0 Å². The van der Waals surface area contributed by atoms with E-state index in [0.29, 0.717) is 17.1 Å². The summed E-state index contributed by atoms with van der Waals surface area (Å²) in [6.45, 7) is 1.82. The molecule has 0 aromatic carbocycles. The van der Waals surface area contributed by atoms with E-state index >= 15 is 0 Å². The molecule has 7 heteroatoms. The number of pyridine rings is 1. The first-order chi connectivity index (χ1) is 10.9. The van der Waals surface area contributed by atoms with Gasteiger partial charge in [-0.25, -0.2) is 15.6 Å². The summed E-state index contributed by atoms with van der Waals surface area (Å²) in [4.78, 5) is 15.6. The average molecular weight is 320 g/mol. The van der Waals surface area contributed by atoms with Crippen molar-refractivity contribution in [2.45, 2.75) is 45.1 Å². The van der Waals surface area contributed by atoms with E-state index in [2.05, 4.69) is 4.98 Å². The lowest BCUT2D eigenvalue weighted by Gasteiger charge is -2.24. The lowest BCUT2D eigenvalue weighted by molar-refractivity contribution is -0.134. The molecule has 0 bridgehead atoms. The Kier molecular flexibility index (Phi) is 5.44. The van der Waals surface area contributed by atoms with Crippen molar-refractivity contribution in [3.63, 3.8) is 0 Å². The van der Waals surface area contributed by atoms with E-state index in [9.17, 15) is 9.90 Å². The van der Waals surface area contributed by atoms with Gasteiger partial charge in [-0.05, 0) is 44.7 Å². The molecule has 1 aliphatic carbocycles. The number of nitrogens with two attached hydrogens (primary N) is 2. The Morgan fingerprint density at radius 3 is 2.52 bits per heavy atom. The van der Waals surface area contributed by atoms with Gasteiger partial charge in [-0.3, -0.25) is 0 Å². The number of ether oxygens (including phenoxy) is 1. The molecule has 0 spiro atoms. The van der Waals surface area contributed by atoms with Crippen LogP contribution in [0.5, 0.6) is 5.75 Å². The minimum absolute atomic E-state index is 0.0230. The number of hydrazine groups is 1. The van der Waals surface area contributed by atoms with Gasteiger partial charge < -0.3 is 20.6 Å². The minimum atomic E-state index is -1.20. The van der Waals surface area contributed by atoms with Crippen molar-refractivity contribution < 1.29 is 14.6 Å². The Balaban J connectivity index is 2.24. The third-order valence-corrected chi connectivity index (χ3v) is 3.97. The van der Waals surface area contributed by atoms with Gasteiger partial charge in [0.05, 0.1) is 23.2 Å². The number of likely N-dealkylation sites (N-methyl/N-ethyl adjacent to an activating group) is 1. The molecular formula is C16H24N4O3. The van der Waals surface area contributed by atoms with Crippen LogP contribution in [0.4, 0.5) is 0 Å². The number of aromatic nitrogens is 1. The Labute approximate surface area is 135 Å². The van der Waals surface area contributed by atoms with Crippen molar-refractivity contribution in [3.05, 3.63) is 29.2 Å². The molecule has 1 fully saturated rings. The molecule has 0 atom stereocenters. The molecule has 1 saturated carbocycles. The number of aryl methyl sites for hydroxylation is 1. The summed E-state index contributed by atoms with van der Waals surface area (Å²) in [5.41, 5.74) is 6.79. The Hall–Kier alpha value is -2.28. The monoisotopic (exact) mass is 320 g/mol. The fourth-order valence-corrected chi connectivity index (χ4v) is 2.76. The summed E-state index contributed by atoms with van der Waals surface area (Å²) in [7, 11) is 1.42. The highest BCUT2D eigenvalue weighted by molar-refractivity contribution is 5.94. The largest absolute Gasteiger partial charge is 0.489 e. The topological polar surface area (TPSA) is 115 Å². The van der Waals surface area contributed by atoms with Gasteiger partial charge in [0.2, 0.25) is 0 Å². The van der Waals surface area contributed by atoms with E-state index in [-0.39, 0.29) is 17.5 Å². The van der Waals surface area contributed by atoms with Gasteiger partial charge in [0.15, 0.2) is 5.70 Å². The second kappa shape index (κ2) is 7.32. The van der Waals surface area contributed by atoms with Crippen LogP contribution in [0.25, 0.3) is 5.70 Å². The predicted molar refractivity (Wildman–Crippen MR) is 87.2 cm³/mol. The number of rotatable bonds is 5. The van der Waals surface area contributed by atoms with Crippen molar-refractivity contribution in [2.24, 2.45) is 11.6 Å². The Morgan fingerprint density at radius 1 is 1.35 bits per heavy atom. The molecule has 1 aromatic rings. The van der Waals surface area contributed by atoms with Crippen LogP contribution in [0, 0.1) is 6.92 Å². The number of nitrogens with zero attached hydrogens (tertiary/aromatic N) is 2. The van der Waals surface area contributed by atoms with E-state index < -0.39 is 5.97 Å². The Morgan fingerprint density at radius 2 is 2.00 bits per heavy atom. The second-order valence-corrected chi connectivity index (χ2v) is 5.84. The molecule has 1 aromatic heterocycles. The first-order valence-electron chi connectivity index (χ1n) is 7.76.